The Balaban J connectivity index is 0.00000450. The van der Waals surface area contributed by atoms with Gasteiger partial charge in [0, 0.05) is 20.2 Å². The molecule has 0 aliphatic rings. The molecule has 0 aliphatic carbocycles. The lowest BCUT2D eigenvalue weighted by molar-refractivity contribution is 0.185. The topological polar surface area (TPSA) is 73.3 Å². The van der Waals surface area contributed by atoms with Gasteiger partial charge in [-0.15, -0.1) is 24.0 Å². The molecule has 0 saturated carbocycles. The highest BCUT2D eigenvalue weighted by Gasteiger charge is 2.13. The van der Waals surface area contributed by atoms with Crippen molar-refractivity contribution in [1.29, 1.82) is 0 Å². The van der Waals surface area contributed by atoms with E-state index in [2.05, 4.69) is 33.8 Å². The van der Waals surface area contributed by atoms with Gasteiger partial charge in [0.15, 0.2) is 17.5 Å². The molecule has 2 rings (SSSR count). The summed E-state index contributed by atoms with van der Waals surface area (Å²) in [6, 6.07) is 12.1. The number of nitrogens with zero attached hydrogens (tertiary/aromatic N) is 1. The van der Waals surface area contributed by atoms with Crippen LogP contribution >= 0.6 is 24.0 Å². The van der Waals surface area contributed by atoms with E-state index in [1.807, 2.05) is 25.1 Å². The summed E-state index contributed by atoms with van der Waals surface area (Å²) in [5.74, 6) is 2.54. The number of methoxy groups -OCH3 is 4. The number of rotatable bonds is 10. The molecule has 0 spiro atoms. The van der Waals surface area contributed by atoms with E-state index in [0.717, 1.165) is 29.2 Å². The molecule has 30 heavy (non-hydrogen) atoms. The van der Waals surface area contributed by atoms with E-state index in [-0.39, 0.29) is 24.0 Å². The minimum atomic E-state index is 0. The summed E-state index contributed by atoms with van der Waals surface area (Å²) < 4.78 is 21.4. The Hall–Kier alpha value is -2.20. The number of halogens is 1. The van der Waals surface area contributed by atoms with Gasteiger partial charge in [-0.25, -0.2) is 4.99 Å². The van der Waals surface area contributed by atoms with Gasteiger partial charge < -0.3 is 29.6 Å². The molecule has 0 amide bonds. The highest BCUT2D eigenvalue weighted by atomic mass is 127. The second kappa shape index (κ2) is 13.9. The maximum Gasteiger partial charge on any atom is 0.203 e. The zero-order valence-corrected chi connectivity index (χ0v) is 20.6. The van der Waals surface area contributed by atoms with Crippen molar-refractivity contribution in [2.24, 2.45) is 4.99 Å². The second-order valence-electron chi connectivity index (χ2n) is 6.34. The van der Waals surface area contributed by atoms with E-state index in [1.165, 1.54) is 0 Å². The average Bonchev–Trinajstić information content (AvgIpc) is 2.75. The Kier molecular flexibility index (Phi) is 12.0. The second-order valence-corrected chi connectivity index (χ2v) is 6.34. The Morgan fingerprint density at radius 3 is 2.10 bits per heavy atom. The lowest BCUT2D eigenvalue weighted by atomic mass is 10.1. The highest BCUT2D eigenvalue weighted by Crippen LogP contribution is 2.38. The maximum atomic E-state index is 5.42. The maximum absolute atomic E-state index is 5.42. The Labute approximate surface area is 196 Å². The third kappa shape index (κ3) is 7.56. The van der Waals surface area contributed by atoms with Gasteiger partial charge in [-0.2, -0.15) is 0 Å². The van der Waals surface area contributed by atoms with Crippen LogP contribution < -0.4 is 24.8 Å². The summed E-state index contributed by atoms with van der Waals surface area (Å²) in [6.07, 6.45) is 0. The van der Waals surface area contributed by atoms with Crippen molar-refractivity contribution >= 4 is 29.9 Å². The molecule has 2 aromatic carbocycles. The standard InChI is InChI=1S/C22H31N3O4.HI/c1-6-23-22(24-13-16-8-7-9-17(10-16)15-26-2)25-14-18-11-19(27-3)21(29-5)20(12-18)28-4;/h7-12H,6,13-15H2,1-5H3,(H2,23,24,25);1H. The molecule has 0 saturated heterocycles. The zero-order chi connectivity index (χ0) is 21.1. The van der Waals surface area contributed by atoms with Crippen LogP contribution in [0, 0.1) is 0 Å². The molecular formula is C22H32IN3O4. The molecule has 7 nitrogen and oxygen atoms in total. The van der Waals surface area contributed by atoms with Gasteiger partial charge in [-0.3, -0.25) is 0 Å². The van der Waals surface area contributed by atoms with Gasteiger partial charge in [0.1, 0.15) is 0 Å². The number of nitrogens with one attached hydrogen (secondary N) is 2. The molecule has 166 valence electrons. The largest absolute Gasteiger partial charge is 0.493 e. The lowest BCUT2D eigenvalue weighted by Gasteiger charge is -2.14. The molecule has 8 heteroatoms. The molecule has 0 aromatic heterocycles. The van der Waals surface area contributed by atoms with E-state index in [4.69, 9.17) is 18.9 Å². The van der Waals surface area contributed by atoms with Crippen LogP contribution in [0.1, 0.15) is 23.6 Å². The fraction of sp³-hybridized carbons (Fsp3) is 0.409. The third-order valence-corrected chi connectivity index (χ3v) is 4.25. The van der Waals surface area contributed by atoms with Crippen LogP contribution in [0.2, 0.25) is 0 Å². The van der Waals surface area contributed by atoms with E-state index >= 15 is 0 Å². The molecule has 0 bridgehead atoms. The Bertz CT molecular complexity index is 790. The molecular weight excluding hydrogens is 497 g/mol. The first kappa shape index (κ1) is 25.8. The first-order chi connectivity index (χ1) is 14.1. The van der Waals surface area contributed by atoms with Gasteiger partial charge in [-0.05, 0) is 35.7 Å². The molecule has 2 N–H and O–H groups in total. The molecule has 0 radical (unpaired) electrons. The molecule has 2 aromatic rings. The number of guanidine groups is 1. The zero-order valence-electron chi connectivity index (χ0n) is 18.3. The van der Waals surface area contributed by atoms with Crippen LogP contribution in [0.3, 0.4) is 0 Å². The molecule has 0 fully saturated rings. The van der Waals surface area contributed by atoms with Crippen molar-refractivity contribution in [3.63, 3.8) is 0 Å². The van der Waals surface area contributed by atoms with Gasteiger partial charge >= 0.3 is 0 Å². The van der Waals surface area contributed by atoms with Crippen molar-refractivity contribution in [1.82, 2.24) is 10.6 Å². The number of hydrogen-bond donors (Lipinski definition) is 2. The minimum Gasteiger partial charge on any atom is -0.493 e. The summed E-state index contributed by atoms with van der Waals surface area (Å²) >= 11 is 0. The Morgan fingerprint density at radius 1 is 0.867 bits per heavy atom. The summed E-state index contributed by atoms with van der Waals surface area (Å²) in [5, 5.41) is 6.64. The first-order valence-corrected chi connectivity index (χ1v) is 9.52. The molecule has 0 atom stereocenters. The summed E-state index contributed by atoms with van der Waals surface area (Å²) in [4.78, 5) is 4.68. The smallest absolute Gasteiger partial charge is 0.203 e. The summed E-state index contributed by atoms with van der Waals surface area (Å²) in [6.45, 7) is 4.54. The number of ether oxygens (including phenoxy) is 4. The summed E-state index contributed by atoms with van der Waals surface area (Å²) in [7, 11) is 6.50. The van der Waals surface area contributed by atoms with E-state index in [9.17, 15) is 0 Å². The number of aliphatic imine (C=N–C) groups is 1. The van der Waals surface area contributed by atoms with Crippen LogP contribution in [0.5, 0.6) is 17.2 Å². The van der Waals surface area contributed by atoms with Crippen molar-refractivity contribution in [2.45, 2.75) is 26.6 Å². The molecule has 0 aliphatic heterocycles. The van der Waals surface area contributed by atoms with Gasteiger partial charge in [0.2, 0.25) is 5.75 Å². The van der Waals surface area contributed by atoms with Crippen LogP contribution in [-0.4, -0.2) is 40.9 Å². The number of benzene rings is 2. The van der Waals surface area contributed by atoms with Crippen LogP contribution in [0.25, 0.3) is 0 Å². The van der Waals surface area contributed by atoms with Crippen molar-refractivity contribution < 1.29 is 18.9 Å². The molecule has 0 unspecified atom stereocenters. The van der Waals surface area contributed by atoms with Crippen LogP contribution in [0.4, 0.5) is 0 Å². The van der Waals surface area contributed by atoms with Crippen molar-refractivity contribution in [3.05, 3.63) is 53.1 Å². The van der Waals surface area contributed by atoms with E-state index < -0.39 is 0 Å². The van der Waals surface area contributed by atoms with Gasteiger partial charge in [0.05, 0.1) is 34.5 Å². The fourth-order valence-electron chi connectivity index (χ4n) is 2.92. The average molecular weight is 529 g/mol. The fourth-order valence-corrected chi connectivity index (χ4v) is 2.92. The van der Waals surface area contributed by atoms with Gasteiger partial charge in [0.25, 0.3) is 0 Å². The minimum absolute atomic E-state index is 0. The first-order valence-electron chi connectivity index (χ1n) is 9.52. The number of hydrogen-bond acceptors (Lipinski definition) is 5. The van der Waals surface area contributed by atoms with Crippen molar-refractivity contribution in [3.8, 4) is 17.2 Å². The van der Waals surface area contributed by atoms with Crippen LogP contribution in [0.15, 0.2) is 41.4 Å². The SMILES string of the molecule is CCNC(=NCc1cc(OC)c(OC)c(OC)c1)NCc1cccc(COC)c1.I. The summed E-state index contributed by atoms with van der Waals surface area (Å²) in [5.41, 5.74) is 3.27. The quantitative estimate of drug-likeness (QED) is 0.278. The van der Waals surface area contributed by atoms with Crippen LogP contribution in [-0.2, 0) is 24.4 Å². The van der Waals surface area contributed by atoms with Crippen molar-refractivity contribution in [2.75, 3.05) is 35.0 Å². The predicted molar refractivity (Wildman–Crippen MR) is 130 cm³/mol. The van der Waals surface area contributed by atoms with Gasteiger partial charge in [-0.1, -0.05) is 24.3 Å². The lowest BCUT2D eigenvalue weighted by Crippen LogP contribution is -2.36. The molecule has 0 heterocycles. The highest BCUT2D eigenvalue weighted by molar-refractivity contribution is 14.0. The van der Waals surface area contributed by atoms with E-state index in [0.29, 0.717) is 36.9 Å². The predicted octanol–water partition coefficient (Wildman–Crippen LogP) is 3.73. The Morgan fingerprint density at radius 2 is 1.53 bits per heavy atom. The third-order valence-electron chi connectivity index (χ3n) is 4.25. The van der Waals surface area contributed by atoms with E-state index in [1.54, 1.807) is 28.4 Å². The normalized spacial score (nSPS) is 10.8. The monoisotopic (exact) mass is 529 g/mol.